The Bertz CT molecular complexity index is 560. The van der Waals surface area contributed by atoms with Crippen molar-refractivity contribution >= 4 is 14.1 Å². The average molecular weight is 363 g/mol. The van der Waals surface area contributed by atoms with E-state index in [1.54, 1.807) is 13.2 Å². The summed E-state index contributed by atoms with van der Waals surface area (Å²) in [6.07, 6.45) is 2.18. The zero-order valence-electron chi connectivity index (χ0n) is 15.7. The first-order valence-electron chi connectivity index (χ1n) is 9.17. The van der Waals surface area contributed by atoms with Gasteiger partial charge in [0, 0.05) is 7.11 Å². The molecule has 2 rings (SSSR count). The predicted molar refractivity (Wildman–Crippen MR) is 102 cm³/mol. The Kier molecular flexibility index (Phi) is 7.56. The summed E-state index contributed by atoms with van der Waals surface area (Å²) < 4.78 is 18.2. The minimum Gasteiger partial charge on any atom is -0.408 e. The molecule has 1 aliphatic carbocycles. The van der Waals surface area contributed by atoms with Crippen molar-refractivity contribution in [1.82, 2.24) is 0 Å². The SMILES string of the molecule is CC[Si](CC)(CC)O[C@@H]1C=CC(=O)[C@@H](OCc2ccccc2)[C@@H]1OC. The Balaban J connectivity index is 2.12. The van der Waals surface area contributed by atoms with Crippen LogP contribution < -0.4 is 0 Å². The van der Waals surface area contributed by atoms with Crippen molar-refractivity contribution in [2.24, 2.45) is 0 Å². The third-order valence-electron chi connectivity index (χ3n) is 5.22. The number of carbonyl (C=O) groups is 1. The van der Waals surface area contributed by atoms with Crippen molar-refractivity contribution in [1.29, 1.82) is 0 Å². The van der Waals surface area contributed by atoms with Gasteiger partial charge < -0.3 is 13.9 Å². The van der Waals surface area contributed by atoms with Crippen molar-refractivity contribution in [3.05, 3.63) is 48.0 Å². The highest BCUT2D eigenvalue weighted by molar-refractivity contribution is 6.73. The van der Waals surface area contributed by atoms with E-state index in [1.807, 2.05) is 36.4 Å². The van der Waals surface area contributed by atoms with Crippen LogP contribution in [0.15, 0.2) is 42.5 Å². The molecule has 0 spiro atoms. The lowest BCUT2D eigenvalue weighted by molar-refractivity contribution is -0.145. The molecule has 0 aromatic heterocycles. The standard InChI is InChI=1S/C20H30O4Si/c1-5-25(6-2,7-3)24-18-14-13-17(21)19(20(18)22-4)23-15-16-11-9-8-10-12-16/h8-14,18-20H,5-7,15H2,1-4H3/t18-,19-,20-/m1/s1. The van der Waals surface area contributed by atoms with E-state index in [2.05, 4.69) is 20.8 Å². The van der Waals surface area contributed by atoms with Crippen molar-refractivity contribution in [3.8, 4) is 0 Å². The maximum Gasteiger partial charge on any atom is 0.193 e. The van der Waals surface area contributed by atoms with Crippen LogP contribution in [-0.4, -0.2) is 39.5 Å². The highest BCUT2D eigenvalue weighted by Gasteiger charge is 2.41. The number of methoxy groups -OCH3 is 1. The quantitative estimate of drug-likeness (QED) is 0.620. The number of benzene rings is 1. The molecule has 0 saturated carbocycles. The van der Waals surface area contributed by atoms with Crippen molar-refractivity contribution in [2.45, 2.75) is 63.8 Å². The molecule has 138 valence electrons. The van der Waals surface area contributed by atoms with Crippen LogP contribution in [-0.2, 0) is 25.3 Å². The normalized spacial score (nSPS) is 23.8. The second-order valence-corrected chi connectivity index (χ2v) is 11.2. The maximum atomic E-state index is 12.4. The van der Waals surface area contributed by atoms with Crippen LogP contribution >= 0.6 is 0 Å². The molecule has 25 heavy (non-hydrogen) atoms. The van der Waals surface area contributed by atoms with Crippen LogP contribution in [0.25, 0.3) is 0 Å². The molecule has 0 N–H and O–H groups in total. The molecule has 0 bridgehead atoms. The summed E-state index contributed by atoms with van der Waals surface area (Å²) in [7, 11) is -0.175. The summed E-state index contributed by atoms with van der Waals surface area (Å²) in [5, 5.41) is 0. The largest absolute Gasteiger partial charge is 0.408 e. The summed E-state index contributed by atoms with van der Waals surface area (Å²) in [5.41, 5.74) is 1.04. The predicted octanol–water partition coefficient (Wildman–Crippen LogP) is 4.12. The van der Waals surface area contributed by atoms with Gasteiger partial charge in [-0.15, -0.1) is 0 Å². The van der Waals surface area contributed by atoms with Gasteiger partial charge in [-0.2, -0.15) is 0 Å². The summed E-state index contributed by atoms with van der Waals surface area (Å²) in [4.78, 5) is 12.4. The molecule has 3 atom stereocenters. The molecular weight excluding hydrogens is 332 g/mol. The van der Waals surface area contributed by atoms with E-state index in [0.717, 1.165) is 23.7 Å². The van der Waals surface area contributed by atoms with Crippen molar-refractivity contribution in [3.63, 3.8) is 0 Å². The molecular formula is C20H30O4Si. The van der Waals surface area contributed by atoms with Gasteiger partial charge in [0.15, 0.2) is 14.1 Å². The zero-order valence-corrected chi connectivity index (χ0v) is 16.7. The topological polar surface area (TPSA) is 44.8 Å². The van der Waals surface area contributed by atoms with E-state index < -0.39 is 20.5 Å². The number of ketones is 1. The minimum atomic E-state index is -1.80. The average Bonchev–Trinajstić information content (AvgIpc) is 2.67. The Morgan fingerprint density at radius 3 is 2.24 bits per heavy atom. The molecule has 1 aromatic carbocycles. The smallest absolute Gasteiger partial charge is 0.193 e. The Hall–Kier alpha value is -1.27. The summed E-state index contributed by atoms with van der Waals surface area (Å²) >= 11 is 0. The van der Waals surface area contributed by atoms with E-state index in [0.29, 0.717) is 6.61 Å². The fourth-order valence-corrected chi connectivity index (χ4v) is 6.11. The van der Waals surface area contributed by atoms with Gasteiger partial charge >= 0.3 is 0 Å². The number of hydrogen-bond acceptors (Lipinski definition) is 4. The van der Waals surface area contributed by atoms with Gasteiger partial charge in [0.1, 0.15) is 12.2 Å². The van der Waals surface area contributed by atoms with Gasteiger partial charge in [0.25, 0.3) is 0 Å². The molecule has 0 fully saturated rings. The third-order valence-corrected chi connectivity index (χ3v) is 9.85. The van der Waals surface area contributed by atoms with Gasteiger partial charge in [-0.25, -0.2) is 0 Å². The fraction of sp³-hybridized carbons (Fsp3) is 0.550. The number of hydrogen-bond donors (Lipinski definition) is 0. The molecule has 0 unspecified atom stereocenters. The monoisotopic (exact) mass is 362 g/mol. The van der Waals surface area contributed by atoms with Crippen molar-refractivity contribution < 1.29 is 18.7 Å². The lowest BCUT2D eigenvalue weighted by atomic mass is 9.97. The highest BCUT2D eigenvalue weighted by atomic mass is 28.4. The first-order chi connectivity index (χ1) is 12.1. The molecule has 0 heterocycles. The second-order valence-electron chi connectivity index (χ2n) is 6.51. The first kappa shape index (κ1) is 20.0. The molecule has 1 aliphatic rings. The highest BCUT2D eigenvalue weighted by Crippen LogP contribution is 2.29. The first-order valence-corrected chi connectivity index (χ1v) is 11.7. The van der Waals surface area contributed by atoms with Gasteiger partial charge in [-0.05, 0) is 29.8 Å². The molecule has 4 nitrogen and oxygen atoms in total. The van der Waals surface area contributed by atoms with Crippen LogP contribution in [0.3, 0.4) is 0 Å². The third kappa shape index (κ3) is 4.88. The Morgan fingerprint density at radius 2 is 1.68 bits per heavy atom. The van der Waals surface area contributed by atoms with E-state index in [1.165, 1.54) is 0 Å². The Labute approximate surface area is 152 Å². The molecule has 0 radical (unpaired) electrons. The van der Waals surface area contributed by atoms with Crippen LogP contribution in [0.5, 0.6) is 0 Å². The Morgan fingerprint density at radius 1 is 1.04 bits per heavy atom. The number of ether oxygens (including phenoxy) is 2. The molecule has 0 saturated heterocycles. The lowest BCUT2D eigenvalue weighted by Crippen LogP contribution is -2.52. The van der Waals surface area contributed by atoms with Crippen molar-refractivity contribution in [2.75, 3.05) is 7.11 Å². The van der Waals surface area contributed by atoms with Gasteiger partial charge in [-0.1, -0.05) is 57.2 Å². The number of carbonyl (C=O) groups excluding carboxylic acids is 1. The van der Waals surface area contributed by atoms with Crippen LogP contribution in [0.2, 0.25) is 18.1 Å². The maximum absolute atomic E-state index is 12.4. The van der Waals surface area contributed by atoms with Crippen LogP contribution in [0, 0.1) is 0 Å². The lowest BCUT2D eigenvalue weighted by Gasteiger charge is -2.39. The van der Waals surface area contributed by atoms with Crippen LogP contribution in [0.4, 0.5) is 0 Å². The molecule has 0 amide bonds. The summed E-state index contributed by atoms with van der Waals surface area (Å²) in [5.74, 6) is -0.0561. The molecule has 1 aromatic rings. The van der Waals surface area contributed by atoms with E-state index in [-0.39, 0.29) is 11.9 Å². The van der Waals surface area contributed by atoms with Gasteiger partial charge in [-0.3, -0.25) is 4.79 Å². The number of rotatable bonds is 9. The van der Waals surface area contributed by atoms with E-state index >= 15 is 0 Å². The molecule has 0 aliphatic heterocycles. The van der Waals surface area contributed by atoms with Gasteiger partial charge in [0.05, 0.1) is 12.7 Å². The zero-order chi connectivity index (χ0) is 18.3. The van der Waals surface area contributed by atoms with Gasteiger partial charge in [0.2, 0.25) is 0 Å². The summed E-state index contributed by atoms with van der Waals surface area (Å²) in [6, 6.07) is 13.0. The fourth-order valence-electron chi connectivity index (χ4n) is 3.32. The van der Waals surface area contributed by atoms with E-state index in [9.17, 15) is 4.79 Å². The summed E-state index contributed by atoms with van der Waals surface area (Å²) in [6.45, 7) is 6.97. The molecule has 5 heteroatoms. The van der Waals surface area contributed by atoms with E-state index in [4.69, 9.17) is 13.9 Å². The minimum absolute atomic E-state index is 0.0561. The van der Waals surface area contributed by atoms with Crippen LogP contribution in [0.1, 0.15) is 26.3 Å². The second kappa shape index (κ2) is 9.43.